The van der Waals surface area contributed by atoms with Crippen molar-refractivity contribution in [2.75, 3.05) is 19.8 Å². The van der Waals surface area contributed by atoms with Crippen molar-refractivity contribution in [1.82, 2.24) is 14.5 Å². The number of hydrogen-bond donors (Lipinski definition) is 0. The van der Waals surface area contributed by atoms with Gasteiger partial charge in [0.2, 0.25) is 0 Å². The van der Waals surface area contributed by atoms with Crippen LogP contribution in [0.2, 0.25) is 35.7 Å². The lowest BCUT2D eigenvalue weighted by Gasteiger charge is -2.25. The summed E-state index contributed by atoms with van der Waals surface area (Å²) in [6, 6.07) is 15.5. The van der Waals surface area contributed by atoms with E-state index in [0.717, 1.165) is 59.6 Å². The molecule has 0 radical (unpaired) electrons. The van der Waals surface area contributed by atoms with Gasteiger partial charge in [-0.25, -0.2) is 4.98 Å². The number of hydrogen-bond acceptors (Lipinski definition) is 4. The van der Waals surface area contributed by atoms with Crippen LogP contribution >= 0.6 is 23.2 Å². The highest BCUT2D eigenvalue weighted by molar-refractivity contribution is 6.76. The van der Waals surface area contributed by atoms with Gasteiger partial charge in [-0.3, -0.25) is 4.90 Å². The molecule has 0 amide bonds. The second kappa shape index (κ2) is 11.5. The van der Waals surface area contributed by atoms with Gasteiger partial charge in [0.05, 0.1) is 17.6 Å². The van der Waals surface area contributed by atoms with Crippen molar-refractivity contribution in [2.24, 2.45) is 0 Å². The van der Waals surface area contributed by atoms with E-state index in [1.54, 1.807) is 0 Å². The van der Waals surface area contributed by atoms with Gasteiger partial charge in [0.1, 0.15) is 19.2 Å². The quantitative estimate of drug-likeness (QED) is 0.205. The average Bonchev–Trinajstić information content (AvgIpc) is 3.37. The molecular formula is C26H35Cl2N3O2Si. The summed E-state index contributed by atoms with van der Waals surface area (Å²) in [6.45, 7) is 11.4. The average molecular weight is 521 g/mol. The SMILES string of the molecule is C[Si](C)(C)CCOCn1c(COC[C@@H]2CCCN2Cc2ccc(Cl)cc2Cl)nc2ccccc21. The summed E-state index contributed by atoms with van der Waals surface area (Å²) in [5.41, 5.74) is 3.18. The molecule has 1 atom stereocenters. The van der Waals surface area contributed by atoms with Crippen molar-refractivity contribution < 1.29 is 9.47 Å². The van der Waals surface area contributed by atoms with E-state index in [9.17, 15) is 0 Å². The van der Waals surface area contributed by atoms with E-state index < -0.39 is 8.07 Å². The van der Waals surface area contributed by atoms with Crippen molar-refractivity contribution in [2.45, 2.75) is 64.5 Å². The van der Waals surface area contributed by atoms with Crippen molar-refractivity contribution in [3.8, 4) is 0 Å². The molecule has 1 aliphatic rings. The van der Waals surface area contributed by atoms with E-state index in [4.69, 9.17) is 37.7 Å². The molecule has 0 saturated carbocycles. The van der Waals surface area contributed by atoms with Crippen LogP contribution in [0.4, 0.5) is 0 Å². The van der Waals surface area contributed by atoms with E-state index in [0.29, 0.717) is 31.0 Å². The molecule has 1 saturated heterocycles. The smallest absolute Gasteiger partial charge is 0.137 e. The predicted molar refractivity (Wildman–Crippen MR) is 143 cm³/mol. The molecule has 0 spiro atoms. The Labute approximate surface area is 214 Å². The largest absolute Gasteiger partial charge is 0.372 e. The Morgan fingerprint density at radius 1 is 1.09 bits per heavy atom. The summed E-state index contributed by atoms with van der Waals surface area (Å²) < 4.78 is 14.4. The van der Waals surface area contributed by atoms with Gasteiger partial charge in [-0.05, 0) is 55.3 Å². The Morgan fingerprint density at radius 3 is 2.71 bits per heavy atom. The highest BCUT2D eigenvalue weighted by atomic mass is 35.5. The highest BCUT2D eigenvalue weighted by Crippen LogP contribution is 2.26. The van der Waals surface area contributed by atoms with Crippen molar-refractivity contribution in [3.63, 3.8) is 0 Å². The van der Waals surface area contributed by atoms with Crippen LogP contribution in [-0.4, -0.2) is 48.3 Å². The van der Waals surface area contributed by atoms with Crippen LogP contribution < -0.4 is 0 Å². The lowest BCUT2D eigenvalue weighted by Crippen LogP contribution is -2.32. The minimum absolute atomic E-state index is 0.373. The van der Waals surface area contributed by atoms with Crippen molar-refractivity contribution in [3.05, 3.63) is 63.9 Å². The molecule has 1 aromatic heterocycles. The van der Waals surface area contributed by atoms with Crippen LogP contribution in [0.1, 0.15) is 24.2 Å². The van der Waals surface area contributed by atoms with Gasteiger partial charge >= 0.3 is 0 Å². The number of rotatable bonds is 11. The number of imidazole rings is 1. The first-order valence-corrected chi connectivity index (χ1v) is 16.5. The molecular weight excluding hydrogens is 485 g/mol. The molecule has 5 nitrogen and oxygen atoms in total. The maximum atomic E-state index is 6.41. The molecule has 3 aromatic rings. The molecule has 8 heteroatoms. The van der Waals surface area contributed by atoms with Crippen LogP contribution in [0.15, 0.2) is 42.5 Å². The highest BCUT2D eigenvalue weighted by Gasteiger charge is 2.25. The number of ether oxygens (including phenoxy) is 2. The van der Waals surface area contributed by atoms with E-state index in [2.05, 4.69) is 35.2 Å². The van der Waals surface area contributed by atoms with E-state index >= 15 is 0 Å². The molecule has 184 valence electrons. The molecule has 2 aromatic carbocycles. The molecule has 0 unspecified atom stereocenters. The van der Waals surface area contributed by atoms with Gasteiger partial charge < -0.3 is 14.0 Å². The van der Waals surface area contributed by atoms with Gasteiger partial charge in [0.15, 0.2) is 0 Å². The van der Waals surface area contributed by atoms with Crippen LogP contribution in [-0.2, 0) is 29.4 Å². The van der Waals surface area contributed by atoms with Gasteiger partial charge in [0, 0.05) is 37.3 Å². The number of likely N-dealkylation sites (tertiary alicyclic amines) is 1. The summed E-state index contributed by atoms with van der Waals surface area (Å²) in [4.78, 5) is 7.29. The lowest BCUT2D eigenvalue weighted by molar-refractivity contribution is 0.0498. The molecule has 1 aliphatic heterocycles. The zero-order valence-electron chi connectivity index (χ0n) is 20.4. The van der Waals surface area contributed by atoms with Crippen LogP contribution in [0.3, 0.4) is 0 Å². The minimum atomic E-state index is -1.12. The maximum Gasteiger partial charge on any atom is 0.137 e. The Hall–Kier alpha value is -1.41. The Bertz CT molecular complexity index is 1100. The molecule has 4 rings (SSSR count). The topological polar surface area (TPSA) is 39.5 Å². The third-order valence-corrected chi connectivity index (χ3v) is 8.67. The van der Waals surface area contributed by atoms with E-state index in [1.807, 2.05) is 36.4 Å². The molecule has 1 fully saturated rings. The normalized spacial score (nSPS) is 17.1. The first kappa shape index (κ1) is 25.7. The summed E-state index contributed by atoms with van der Waals surface area (Å²) in [5.74, 6) is 0.916. The van der Waals surface area contributed by atoms with Gasteiger partial charge in [-0.1, -0.05) is 61.0 Å². The molecule has 34 heavy (non-hydrogen) atoms. The number of halogens is 2. The lowest BCUT2D eigenvalue weighted by atomic mass is 10.2. The van der Waals surface area contributed by atoms with Crippen LogP contribution in [0, 0.1) is 0 Å². The monoisotopic (exact) mass is 519 g/mol. The van der Waals surface area contributed by atoms with Gasteiger partial charge in [-0.15, -0.1) is 0 Å². The summed E-state index contributed by atoms with van der Waals surface area (Å²) >= 11 is 12.5. The summed E-state index contributed by atoms with van der Waals surface area (Å²) in [6.07, 6.45) is 2.30. The number of aromatic nitrogens is 2. The molecule has 0 bridgehead atoms. The predicted octanol–water partition coefficient (Wildman–Crippen LogP) is 6.84. The number of fused-ring (bicyclic) bond motifs is 1. The Balaban J connectivity index is 1.36. The molecule has 0 aliphatic carbocycles. The minimum Gasteiger partial charge on any atom is -0.372 e. The fourth-order valence-electron chi connectivity index (χ4n) is 4.36. The zero-order chi connectivity index (χ0) is 24.1. The van der Waals surface area contributed by atoms with Crippen LogP contribution in [0.25, 0.3) is 11.0 Å². The Kier molecular flexibility index (Phi) is 8.72. The van der Waals surface area contributed by atoms with Gasteiger partial charge in [0.25, 0.3) is 0 Å². The fourth-order valence-corrected chi connectivity index (χ4v) is 5.59. The number of para-hydroxylation sites is 2. The standard InChI is InChI=1S/C26H35Cl2N3O2Si/c1-34(2,3)14-13-32-19-31-25-9-5-4-8-24(25)29-26(31)18-33-17-22-7-6-12-30(22)16-20-10-11-21(27)15-23(20)28/h4-5,8-11,15,22H,6-7,12-14,16-19H2,1-3H3/t22-/m0/s1. The number of benzene rings is 2. The van der Waals surface area contributed by atoms with E-state index in [-0.39, 0.29) is 0 Å². The van der Waals surface area contributed by atoms with Gasteiger partial charge in [-0.2, -0.15) is 0 Å². The first-order chi connectivity index (χ1) is 16.3. The van der Waals surface area contributed by atoms with E-state index in [1.165, 1.54) is 6.42 Å². The van der Waals surface area contributed by atoms with Crippen molar-refractivity contribution >= 4 is 42.3 Å². The van der Waals surface area contributed by atoms with Crippen LogP contribution in [0.5, 0.6) is 0 Å². The first-order valence-electron chi connectivity index (χ1n) is 12.1. The Morgan fingerprint density at radius 2 is 1.91 bits per heavy atom. The third kappa shape index (κ3) is 6.84. The number of nitrogens with zero attached hydrogens (tertiary/aromatic N) is 3. The second-order valence-corrected chi connectivity index (χ2v) is 16.8. The van der Waals surface area contributed by atoms with Crippen molar-refractivity contribution in [1.29, 1.82) is 0 Å². The second-order valence-electron chi connectivity index (χ2n) is 10.3. The molecule has 0 N–H and O–H groups in total. The summed E-state index contributed by atoms with van der Waals surface area (Å²) in [5, 5.41) is 1.39. The molecule has 2 heterocycles. The third-order valence-electron chi connectivity index (χ3n) is 6.38. The summed E-state index contributed by atoms with van der Waals surface area (Å²) in [7, 11) is -1.12. The zero-order valence-corrected chi connectivity index (χ0v) is 22.9. The maximum absolute atomic E-state index is 6.41. The fraction of sp³-hybridized carbons (Fsp3) is 0.500.